The second-order valence-corrected chi connectivity index (χ2v) is 5.91. The monoisotopic (exact) mass is 318 g/mol. The van der Waals surface area contributed by atoms with Crippen molar-refractivity contribution < 1.29 is 9.90 Å². The maximum absolute atomic E-state index is 11.1. The van der Waals surface area contributed by atoms with E-state index in [-0.39, 0.29) is 10.6 Å². The zero-order valence-corrected chi connectivity index (χ0v) is 12.9. The summed E-state index contributed by atoms with van der Waals surface area (Å²) in [5, 5.41) is 18.5. The highest BCUT2D eigenvalue weighted by Gasteiger charge is 2.13. The predicted molar refractivity (Wildman–Crippen MR) is 81.0 cm³/mol. The van der Waals surface area contributed by atoms with Crippen molar-refractivity contribution in [1.29, 1.82) is 5.26 Å². The van der Waals surface area contributed by atoms with E-state index in [4.69, 9.17) is 16.7 Å². The van der Waals surface area contributed by atoms with Crippen molar-refractivity contribution in [3.05, 3.63) is 51.8 Å². The van der Waals surface area contributed by atoms with Gasteiger partial charge in [0.15, 0.2) is 0 Å². The van der Waals surface area contributed by atoms with Crippen molar-refractivity contribution in [2.75, 3.05) is 0 Å². The van der Waals surface area contributed by atoms with Gasteiger partial charge in [0.05, 0.1) is 21.8 Å². The van der Waals surface area contributed by atoms with Crippen molar-refractivity contribution in [1.82, 2.24) is 4.98 Å². The number of rotatable bonds is 3. The first-order valence-electron chi connectivity index (χ1n) is 6.01. The number of benzene rings is 1. The first-order chi connectivity index (χ1) is 9.92. The smallest absolute Gasteiger partial charge is 0.337 e. The number of hydrogen-bond donors (Lipinski definition) is 1. The molecule has 0 aliphatic carbocycles. The van der Waals surface area contributed by atoms with Crippen molar-refractivity contribution in [3.8, 4) is 6.07 Å². The Balaban J connectivity index is 2.46. The molecule has 6 heteroatoms. The fourth-order valence-electron chi connectivity index (χ4n) is 1.87. The van der Waals surface area contributed by atoms with E-state index in [0.717, 1.165) is 10.6 Å². The van der Waals surface area contributed by atoms with E-state index in [1.807, 2.05) is 13.0 Å². The number of nitriles is 1. The Bertz CT molecular complexity index is 769. The van der Waals surface area contributed by atoms with Crippen LogP contribution in [-0.2, 0) is 0 Å². The Hall–Kier alpha value is -2.03. The lowest BCUT2D eigenvalue weighted by molar-refractivity contribution is 0.0697. The van der Waals surface area contributed by atoms with E-state index in [1.54, 1.807) is 19.1 Å². The summed E-state index contributed by atoms with van der Waals surface area (Å²) in [4.78, 5) is 16.8. The van der Waals surface area contributed by atoms with Crippen LogP contribution in [0.5, 0.6) is 0 Å². The van der Waals surface area contributed by atoms with Crippen LogP contribution in [-0.4, -0.2) is 16.1 Å². The molecule has 0 spiro atoms. The Morgan fingerprint density at radius 2 is 2.10 bits per heavy atom. The van der Waals surface area contributed by atoms with Crippen LogP contribution in [0.15, 0.2) is 34.1 Å². The molecule has 1 aromatic carbocycles. The summed E-state index contributed by atoms with van der Waals surface area (Å²) in [6.07, 6.45) is 0. The van der Waals surface area contributed by atoms with Gasteiger partial charge in [-0.05, 0) is 38.1 Å². The van der Waals surface area contributed by atoms with Crippen molar-refractivity contribution >= 4 is 29.3 Å². The highest BCUT2D eigenvalue weighted by molar-refractivity contribution is 7.99. The Morgan fingerprint density at radius 3 is 2.71 bits per heavy atom. The van der Waals surface area contributed by atoms with Gasteiger partial charge in [-0.15, -0.1) is 0 Å². The summed E-state index contributed by atoms with van der Waals surface area (Å²) in [5.74, 6) is -1.08. The SMILES string of the molecule is Cc1cc(Sc2ccc(Cl)c(C(=O)O)c2)c(C#N)c(C)n1. The highest BCUT2D eigenvalue weighted by atomic mass is 35.5. The number of carboxylic acids is 1. The fraction of sp³-hybridized carbons (Fsp3) is 0.133. The van der Waals surface area contributed by atoms with E-state index in [1.165, 1.54) is 17.8 Å². The number of aryl methyl sites for hydroxylation is 2. The van der Waals surface area contributed by atoms with Crippen molar-refractivity contribution in [2.24, 2.45) is 0 Å². The van der Waals surface area contributed by atoms with Crippen LogP contribution in [0.2, 0.25) is 5.02 Å². The minimum Gasteiger partial charge on any atom is -0.478 e. The fourth-order valence-corrected chi connectivity index (χ4v) is 3.16. The molecule has 4 nitrogen and oxygen atoms in total. The molecule has 0 aliphatic rings. The second kappa shape index (κ2) is 6.17. The van der Waals surface area contributed by atoms with Gasteiger partial charge in [-0.2, -0.15) is 5.26 Å². The molecule has 0 saturated heterocycles. The molecule has 0 radical (unpaired) electrons. The average Bonchev–Trinajstić information content (AvgIpc) is 2.40. The predicted octanol–water partition coefficient (Wildman–Crippen LogP) is 4.07. The highest BCUT2D eigenvalue weighted by Crippen LogP contribution is 2.33. The number of carboxylic acid groups (broad SMARTS) is 1. The standard InChI is InChI=1S/C15H11ClN2O2S/c1-8-5-14(12(7-17)9(2)18-8)21-10-3-4-13(16)11(6-10)15(19)20/h3-6H,1-2H3,(H,19,20). The molecule has 1 N–H and O–H groups in total. The average molecular weight is 319 g/mol. The maximum Gasteiger partial charge on any atom is 0.337 e. The molecule has 2 rings (SSSR count). The number of pyridine rings is 1. The van der Waals surface area contributed by atoms with E-state index >= 15 is 0 Å². The van der Waals surface area contributed by atoms with Crippen LogP contribution in [0.4, 0.5) is 0 Å². The zero-order chi connectivity index (χ0) is 15.6. The third-order valence-electron chi connectivity index (χ3n) is 2.80. The number of hydrogen-bond acceptors (Lipinski definition) is 4. The van der Waals surface area contributed by atoms with Crippen LogP contribution in [0.25, 0.3) is 0 Å². The molecule has 1 aromatic heterocycles. The quantitative estimate of drug-likeness (QED) is 0.923. The molecule has 0 atom stereocenters. The Kier molecular flexibility index (Phi) is 4.51. The lowest BCUT2D eigenvalue weighted by Crippen LogP contribution is -1.98. The van der Waals surface area contributed by atoms with Crippen LogP contribution >= 0.6 is 23.4 Å². The first kappa shape index (κ1) is 15.4. The molecule has 0 saturated carbocycles. The number of carbonyl (C=O) groups is 1. The second-order valence-electron chi connectivity index (χ2n) is 4.38. The van der Waals surface area contributed by atoms with Gasteiger partial charge in [0, 0.05) is 15.5 Å². The maximum atomic E-state index is 11.1. The van der Waals surface area contributed by atoms with Gasteiger partial charge in [-0.1, -0.05) is 23.4 Å². The van der Waals surface area contributed by atoms with Gasteiger partial charge < -0.3 is 5.11 Å². The minimum absolute atomic E-state index is 0.0441. The summed E-state index contributed by atoms with van der Waals surface area (Å²) < 4.78 is 0. The molecular formula is C15H11ClN2O2S. The van der Waals surface area contributed by atoms with Gasteiger partial charge in [-0.3, -0.25) is 4.98 Å². The third kappa shape index (κ3) is 3.35. The van der Waals surface area contributed by atoms with Crippen LogP contribution in [0.3, 0.4) is 0 Å². The Labute approximate surface area is 131 Å². The molecule has 0 unspecified atom stereocenters. The van der Waals surface area contributed by atoms with E-state index in [0.29, 0.717) is 16.2 Å². The van der Waals surface area contributed by atoms with Crippen LogP contribution < -0.4 is 0 Å². The normalized spacial score (nSPS) is 10.2. The van der Waals surface area contributed by atoms with Crippen molar-refractivity contribution in [2.45, 2.75) is 23.6 Å². The summed E-state index contributed by atoms with van der Waals surface area (Å²) >= 11 is 7.17. The molecule has 0 amide bonds. The molecule has 106 valence electrons. The molecule has 0 fully saturated rings. The number of halogens is 1. The molecular weight excluding hydrogens is 308 g/mol. The summed E-state index contributed by atoms with van der Waals surface area (Å²) in [6.45, 7) is 3.63. The molecule has 21 heavy (non-hydrogen) atoms. The van der Waals surface area contributed by atoms with E-state index in [9.17, 15) is 10.1 Å². The topological polar surface area (TPSA) is 74.0 Å². The molecule has 1 heterocycles. The van der Waals surface area contributed by atoms with Gasteiger partial charge in [0.25, 0.3) is 0 Å². The third-order valence-corrected chi connectivity index (χ3v) is 4.16. The molecule has 0 bridgehead atoms. The number of aromatic carboxylic acids is 1. The lowest BCUT2D eigenvalue weighted by atomic mass is 10.2. The Morgan fingerprint density at radius 1 is 1.38 bits per heavy atom. The van der Waals surface area contributed by atoms with Crippen LogP contribution in [0.1, 0.15) is 27.3 Å². The minimum atomic E-state index is -1.08. The van der Waals surface area contributed by atoms with E-state index in [2.05, 4.69) is 11.1 Å². The van der Waals surface area contributed by atoms with Gasteiger partial charge in [0.1, 0.15) is 6.07 Å². The lowest BCUT2D eigenvalue weighted by Gasteiger charge is -2.08. The first-order valence-corrected chi connectivity index (χ1v) is 7.21. The largest absolute Gasteiger partial charge is 0.478 e. The van der Waals surface area contributed by atoms with Gasteiger partial charge in [-0.25, -0.2) is 4.79 Å². The molecule has 0 aliphatic heterocycles. The summed E-state index contributed by atoms with van der Waals surface area (Å²) in [6, 6.07) is 8.72. The van der Waals surface area contributed by atoms with Crippen molar-refractivity contribution in [3.63, 3.8) is 0 Å². The van der Waals surface area contributed by atoms with Crippen LogP contribution in [0, 0.1) is 25.2 Å². The number of nitrogens with zero attached hydrogens (tertiary/aromatic N) is 2. The summed E-state index contributed by atoms with van der Waals surface area (Å²) in [5.41, 5.74) is 2.01. The zero-order valence-electron chi connectivity index (χ0n) is 11.3. The van der Waals surface area contributed by atoms with E-state index < -0.39 is 5.97 Å². The van der Waals surface area contributed by atoms with Gasteiger partial charge in [0.2, 0.25) is 0 Å². The van der Waals surface area contributed by atoms with Gasteiger partial charge >= 0.3 is 5.97 Å². The molecule has 2 aromatic rings. The summed E-state index contributed by atoms with van der Waals surface area (Å²) in [7, 11) is 0. The number of aromatic nitrogens is 1.